The summed E-state index contributed by atoms with van der Waals surface area (Å²) in [5.74, 6) is -1.79. The molecule has 4 nitrogen and oxygen atoms in total. The first-order valence-corrected chi connectivity index (χ1v) is 7.36. The molecule has 120 valence electrons. The number of benzene rings is 2. The Morgan fingerprint density at radius 1 is 1.00 bits per heavy atom. The zero-order valence-corrected chi connectivity index (χ0v) is 13.2. The molecule has 2 N–H and O–H groups in total. The zero-order valence-electron chi connectivity index (χ0n) is 13.2. The van der Waals surface area contributed by atoms with E-state index in [0.29, 0.717) is 17.7 Å². The Kier molecular flexibility index (Phi) is 5.46. The summed E-state index contributed by atoms with van der Waals surface area (Å²) in [5, 5.41) is 5.05. The molecule has 0 unspecified atom stereocenters. The summed E-state index contributed by atoms with van der Waals surface area (Å²) in [6.45, 7) is 4.02. The van der Waals surface area contributed by atoms with Crippen molar-refractivity contribution in [2.75, 3.05) is 11.9 Å². The Balaban J connectivity index is 1.85. The summed E-state index contributed by atoms with van der Waals surface area (Å²) in [6.07, 6.45) is 0.329. The smallest absolute Gasteiger partial charge is 0.313 e. The van der Waals surface area contributed by atoms with Crippen molar-refractivity contribution in [1.82, 2.24) is 5.32 Å². The van der Waals surface area contributed by atoms with Crippen LogP contribution in [0.1, 0.15) is 16.7 Å². The number of halogens is 1. The van der Waals surface area contributed by atoms with Gasteiger partial charge in [-0.2, -0.15) is 0 Å². The Labute approximate surface area is 134 Å². The number of hydrogen-bond acceptors (Lipinski definition) is 2. The van der Waals surface area contributed by atoms with Crippen molar-refractivity contribution < 1.29 is 14.0 Å². The molecular weight excluding hydrogens is 295 g/mol. The molecule has 23 heavy (non-hydrogen) atoms. The van der Waals surface area contributed by atoms with Gasteiger partial charge in [-0.25, -0.2) is 4.39 Å². The van der Waals surface area contributed by atoms with Crippen LogP contribution in [0, 0.1) is 19.7 Å². The van der Waals surface area contributed by atoms with E-state index in [1.165, 1.54) is 6.07 Å². The highest BCUT2D eigenvalue weighted by Crippen LogP contribution is 2.13. The maximum atomic E-state index is 13.4. The fourth-order valence-electron chi connectivity index (χ4n) is 2.33. The van der Waals surface area contributed by atoms with E-state index in [-0.39, 0.29) is 12.4 Å². The maximum absolute atomic E-state index is 13.4. The first-order chi connectivity index (χ1) is 11.0. The van der Waals surface area contributed by atoms with E-state index in [1.807, 2.05) is 19.9 Å². The predicted octanol–water partition coefficient (Wildman–Crippen LogP) is 2.74. The molecule has 0 aliphatic heterocycles. The highest BCUT2D eigenvalue weighted by molar-refractivity contribution is 6.39. The van der Waals surface area contributed by atoms with Crippen LogP contribution >= 0.6 is 0 Å². The predicted molar refractivity (Wildman–Crippen MR) is 87.7 cm³/mol. The molecule has 2 rings (SSSR count). The van der Waals surface area contributed by atoms with Gasteiger partial charge in [-0.1, -0.05) is 24.3 Å². The third-order valence-electron chi connectivity index (χ3n) is 3.32. The van der Waals surface area contributed by atoms with Gasteiger partial charge in [-0.05, 0) is 55.2 Å². The number of nitrogens with one attached hydrogen (secondary N) is 2. The Bertz CT molecular complexity index is 708. The molecule has 0 radical (unpaired) electrons. The van der Waals surface area contributed by atoms with Crippen molar-refractivity contribution in [1.29, 1.82) is 0 Å². The minimum absolute atomic E-state index is 0.194. The van der Waals surface area contributed by atoms with Crippen LogP contribution in [0.15, 0.2) is 42.5 Å². The van der Waals surface area contributed by atoms with Gasteiger partial charge in [0.15, 0.2) is 0 Å². The lowest BCUT2D eigenvalue weighted by atomic mass is 10.1. The third-order valence-corrected chi connectivity index (χ3v) is 3.32. The number of rotatable bonds is 4. The lowest BCUT2D eigenvalue weighted by molar-refractivity contribution is -0.136. The van der Waals surface area contributed by atoms with Crippen molar-refractivity contribution in [3.05, 3.63) is 65.0 Å². The summed E-state index contributed by atoms with van der Waals surface area (Å²) < 4.78 is 13.4. The van der Waals surface area contributed by atoms with E-state index in [4.69, 9.17) is 0 Å². The Morgan fingerprint density at radius 3 is 2.30 bits per heavy atom. The largest absolute Gasteiger partial charge is 0.347 e. The number of amides is 2. The monoisotopic (exact) mass is 314 g/mol. The Morgan fingerprint density at radius 2 is 1.65 bits per heavy atom. The van der Waals surface area contributed by atoms with Gasteiger partial charge >= 0.3 is 11.8 Å². The number of carbonyl (C=O) groups is 2. The average Bonchev–Trinajstić information content (AvgIpc) is 2.48. The maximum Gasteiger partial charge on any atom is 0.313 e. The SMILES string of the molecule is Cc1cc(C)cc(NC(=O)C(=O)NCCc2ccccc2F)c1. The van der Waals surface area contributed by atoms with E-state index in [2.05, 4.69) is 10.6 Å². The fraction of sp³-hybridized carbons (Fsp3) is 0.222. The normalized spacial score (nSPS) is 10.2. The van der Waals surface area contributed by atoms with E-state index in [0.717, 1.165) is 11.1 Å². The van der Waals surface area contributed by atoms with Crippen molar-refractivity contribution in [3.8, 4) is 0 Å². The molecule has 5 heteroatoms. The van der Waals surface area contributed by atoms with E-state index in [1.54, 1.807) is 30.3 Å². The van der Waals surface area contributed by atoms with Crippen LogP contribution in [0.25, 0.3) is 0 Å². The van der Waals surface area contributed by atoms with E-state index < -0.39 is 11.8 Å². The average molecular weight is 314 g/mol. The minimum Gasteiger partial charge on any atom is -0.347 e. The van der Waals surface area contributed by atoms with Crippen LogP contribution in [-0.4, -0.2) is 18.4 Å². The lowest BCUT2D eigenvalue weighted by Crippen LogP contribution is -2.36. The van der Waals surface area contributed by atoms with Gasteiger partial charge in [0.2, 0.25) is 0 Å². The second kappa shape index (κ2) is 7.54. The molecule has 2 amide bonds. The van der Waals surface area contributed by atoms with Crippen LogP contribution in [-0.2, 0) is 16.0 Å². The highest BCUT2D eigenvalue weighted by atomic mass is 19.1. The number of carbonyl (C=O) groups excluding carboxylic acids is 2. The van der Waals surface area contributed by atoms with Gasteiger partial charge in [-0.15, -0.1) is 0 Å². The first kappa shape index (κ1) is 16.7. The van der Waals surface area contributed by atoms with Crippen LogP contribution < -0.4 is 10.6 Å². The second-order valence-corrected chi connectivity index (χ2v) is 5.43. The first-order valence-electron chi connectivity index (χ1n) is 7.36. The molecule has 2 aromatic carbocycles. The molecule has 0 aliphatic rings. The van der Waals surface area contributed by atoms with Crippen molar-refractivity contribution in [3.63, 3.8) is 0 Å². The van der Waals surface area contributed by atoms with Crippen LogP contribution in [0.3, 0.4) is 0 Å². The molecule has 0 heterocycles. The Hall–Kier alpha value is -2.69. The molecule has 0 saturated carbocycles. The minimum atomic E-state index is -0.736. The molecule has 0 spiro atoms. The molecule has 0 bridgehead atoms. The lowest BCUT2D eigenvalue weighted by Gasteiger charge is -2.08. The van der Waals surface area contributed by atoms with E-state index >= 15 is 0 Å². The molecule has 0 aromatic heterocycles. The van der Waals surface area contributed by atoms with Crippen LogP contribution in [0.5, 0.6) is 0 Å². The number of hydrogen-bond donors (Lipinski definition) is 2. The summed E-state index contributed by atoms with van der Waals surface area (Å²) in [7, 11) is 0. The van der Waals surface area contributed by atoms with Crippen LogP contribution in [0.4, 0.5) is 10.1 Å². The summed E-state index contributed by atoms with van der Waals surface area (Å²) in [4.78, 5) is 23.6. The van der Waals surface area contributed by atoms with Crippen molar-refractivity contribution in [2.45, 2.75) is 20.3 Å². The van der Waals surface area contributed by atoms with Gasteiger partial charge < -0.3 is 10.6 Å². The molecular formula is C18H19FN2O2. The molecule has 2 aromatic rings. The summed E-state index contributed by atoms with van der Waals surface area (Å²) in [5.41, 5.74) is 3.08. The number of anilines is 1. The molecule has 0 saturated heterocycles. The molecule has 0 aliphatic carbocycles. The van der Waals surface area contributed by atoms with Crippen LogP contribution in [0.2, 0.25) is 0 Å². The quantitative estimate of drug-likeness (QED) is 0.853. The standard InChI is InChI=1S/C18H19FN2O2/c1-12-9-13(2)11-15(10-12)21-18(23)17(22)20-8-7-14-5-3-4-6-16(14)19/h3-6,9-11H,7-8H2,1-2H3,(H,20,22)(H,21,23). The van der Waals surface area contributed by atoms with Gasteiger partial charge in [-0.3, -0.25) is 9.59 Å². The number of aryl methyl sites for hydroxylation is 2. The van der Waals surface area contributed by atoms with Gasteiger partial charge in [0.05, 0.1) is 0 Å². The highest BCUT2D eigenvalue weighted by Gasteiger charge is 2.13. The van der Waals surface area contributed by atoms with Gasteiger partial charge in [0.1, 0.15) is 5.82 Å². The van der Waals surface area contributed by atoms with Gasteiger partial charge in [0, 0.05) is 12.2 Å². The van der Waals surface area contributed by atoms with Crippen molar-refractivity contribution >= 4 is 17.5 Å². The second-order valence-electron chi connectivity index (χ2n) is 5.43. The zero-order chi connectivity index (χ0) is 16.8. The summed E-state index contributed by atoms with van der Waals surface area (Å²) >= 11 is 0. The molecule has 0 fully saturated rings. The third kappa shape index (κ3) is 4.92. The molecule has 0 atom stereocenters. The topological polar surface area (TPSA) is 58.2 Å². The summed E-state index contributed by atoms with van der Waals surface area (Å²) in [6, 6.07) is 11.9. The van der Waals surface area contributed by atoms with E-state index in [9.17, 15) is 14.0 Å². The fourth-order valence-corrected chi connectivity index (χ4v) is 2.33. The van der Waals surface area contributed by atoms with Crippen molar-refractivity contribution in [2.24, 2.45) is 0 Å². The van der Waals surface area contributed by atoms with Gasteiger partial charge in [0.25, 0.3) is 0 Å².